The van der Waals surface area contributed by atoms with Crippen molar-refractivity contribution in [1.82, 2.24) is 0 Å². The van der Waals surface area contributed by atoms with E-state index in [9.17, 15) is 21.9 Å². The van der Waals surface area contributed by atoms with Crippen molar-refractivity contribution in [2.75, 3.05) is 26.4 Å². The molecule has 2 aromatic carbocycles. The molecular formula is C20H24BO9P2S2+. The molecule has 0 bridgehead atoms. The van der Waals surface area contributed by atoms with Gasteiger partial charge in [-0.05, 0) is 6.92 Å². The molecule has 2 unspecified atom stereocenters. The number of rotatable bonds is 13. The van der Waals surface area contributed by atoms with Gasteiger partial charge in [0.15, 0.2) is 0 Å². The molecule has 2 aromatic rings. The van der Waals surface area contributed by atoms with E-state index in [1.807, 2.05) is 6.92 Å². The first-order valence-corrected chi connectivity index (χ1v) is 14.6. The van der Waals surface area contributed by atoms with Gasteiger partial charge in [-0.25, -0.2) is 0 Å². The van der Waals surface area contributed by atoms with Gasteiger partial charge in [0, 0.05) is 0 Å². The second kappa shape index (κ2) is 12.9. The van der Waals surface area contributed by atoms with Crippen molar-refractivity contribution in [2.24, 2.45) is 0 Å². The van der Waals surface area contributed by atoms with Crippen LogP contribution in [-0.4, -0.2) is 67.8 Å². The van der Waals surface area contributed by atoms with Crippen molar-refractivity contribution in [1.29, 1.82) is 0 Å². The van der Waals surface area contributed by atoms with Gasteiger partial charge in [-0.15, -0.1) is 0 Å². The zero-order chi connectivity index (χ0) is 25.4. The quantitative estimate of drug-likeness (QED) is 0.230. The van der Waals surface area contributed by atoms with Crippen LogP contribution in [0, 0.1) is 13.8 Å². The van der Waals surface area contributed by atoms with Crippen molar-refractivity contribution in [3.63, 3.8) is 0 Å². The summed E-state index contributed by atoms with van der Waals surface area (Å²) in [6.45, 7) is 1.23. The summed E-state index contributed by atoms with van der Waals surface area (Å²) in [6.07, 6.45) is 0. The number of ether oxygens (including phenoxy) is 1. The van der Waals surface area contributed by atoms with Crippen LogP contribution < -0.4 is 0 Å². The average molecular weight is 545 g/mol. The number of aliphatic hydroxyl groups excluding tert-OH is 1. The van der Waals surface area contributed by atoms with E-state index >= 15 is 0 Å². The molecule has 34 heavy (non-hydrogen) atoms. The summed E-state index contributed by atoms with van der Waals surface area (Å²) in [5.41, 5.74) is -0.0142. The van der Waals surface area contributed by atoms with Gasteiger partial charge < -0.3 is 0 Å². The van der Waals surface area contributed by atoms with Gasteiger partial charge in [0.1, 0.15) is 0 Å². The van der Waals surface area contributed by atoms with Crippen LogP contribution in [0.4, 0.5) is 0 Å². The average Bonchev–Trinajstić information content (AvgIpc) is 2.80. The summed E-state index contributed by atoms with van der Waals surface area (Å²) >= 11 is 0. The SMILES string of the molecule is [B]C(COS(=O)(=O)c1ccc(C)cc1)OC(CO)(CO[P+]#P)COS(=O)(=O)c1ccc(C)cc1. The van der Waals surface area contributed by atoms with Crippen molar-refractivity contribution >= 4 is 44.3 Å². The molecule has 2 rings (SSSR count). The molecular weight excluding hydrogens is 521 g/mol. The Bertz CT molecular complexity index is 1200. The zero-order valence-corrected chi connectivity index (χ0v) is 21.9. The van der Waals surface area contributed by atoms with Crippen LogP contribution in [-0.2, 0) is 37.9 Å². The predicted molar refractivity (Wildman–Crippen MR) is 129 cm³/mol. The van der Waals surface area contributed by atoms with Crippen LogP contribution in [0.2, 0.25) is 0 Å². The number of benzene rings is 2. The van der Waals surface area contributed by atoms with Crippen LogP contribution in [0.15, 0.2) is 58.3 Å². The van der Waals surface area contributed by atoms with E-state index < -0.39 is 51.7 Å². The first kappa shape index (κ1) is 29.3. The van der Waals surface area contributed by atoms with E-state index in [-0.39, 0.29) is 24.3 Å². The van der Waals surface area contributed by atoms with Gasteiger partial charge in [0.25, 0.3) is 0 Å². The zero-order valence-electron chi connectivity index (χ0n) is 18.5. The van der Waals surface area contributed by atoms with Gasteiger partial charge >= 0.3 is 198 Å². The maximum atomic E-state index is 12.6. The van der Waals surface area contributed by atoms with Gasteiger partial charge in [-0.1, -0.05) is 0 Å². The van der Waals surface area contributed by atoms with Crippen LogP contribution in [0.5, 0.6) is 0 Å². The summed E-state index contributed by atoms with van der Waals surface area (Å²) in [6, 6.07) is 10.6. The van der Waals surface area contributed by atoms with Crippen LogP contribution in [0.3, 0.4) is 0 Å². The van der Waals surface area contributed by atoms with E-state index in [0.717, 1.165) is 11.1 Å². The standard InChI is InChI=1S/C20H24BO9P2S2/c1-15-3-7-17(8-4-15)33(23,24)28-11-19(21)30-20(12-22,13-27-32-31)14-29-34(25,26)18-9-5-16(2)6-10-18/h3-10,19,22H,11-14H2,1-2H3/q+1. The van der Waals surface area contributed by atoms with Gasteiger partial charge in [0.2, 0.25) is 0 Å². The Morgan fingerprint density at radius 2 is 1.38 bits per heavy atom. The second-order valence-corrected chi connectivity index (χ2v) is 11.6. The summed E-state index contributed by atoms with van der Waals surface area (Å²) in [5.74, 6) is 0. The van der Waals surface area contributed by atoms with Crippen molar-refractivity contribution in [3.05, 3.63) is 59.7 Å². The molecule has 2 radical (unpaired) electrons. The Kier molecular flexibility index (Phi) is 11.1. The molecule has 0 saturated heterocycles. The Morgan fingerprint density at radius 3 is 1.82 bits per heavy atom. The third-order valence-corrected chi connectivity index (χ3v) is 7.72. The molecule has 182 valence electrons. The molecule has 0 heterocycles. The summed E-state index contributed by atoms with van der Waals surface area (Å²) in [4.78, 5) is -0.154. The number of aliphatic hydroxyl groups is 1. The van der Waals surface area contributed by atoms with Gasteiger partial charge in [-0.3, -0.25) is 0 Å². The van der Waals surface area contributed by atoms with Crippen LogP contribution in [0.25, 0.3) is 0 Å². The summed E-state index contributed by atoms with van der Waals surface area (Å²) < 4.78 is 70.6. The van der Waals surface area contributed by atoms with Crippen molar-refractivity contribution in [2.45, 2.75) is 35.2 Å². The van der Waals surface area contributed by atoms with Gasteiger partial charge in [-0.2, -0.15) is 0 Å². The molecule has 0 fully saturated rings. The molecule has 0 amide bonds. The van der Waals surface area contributed by atoms with E-state index in [1.54, 1.807) is 31.2 Å². The predicted octanol–water partition coefficient (Wildman–Crippen LogP) is 2.86. The van der Waals surface area contributed by atoms with E-state index in [2.05, 4.69) is 8.34 Å². The summed E-state index contributed by atoms with van der Waals surface area (Å²) in [5, 5.41) is 9.97. The number of hydrogen-bond acceptors (Lipinski definition) is 9. The fraction of sp³-hybridized carbons (Fsp3) is 0.400. The first-order chi connectivity index (χ1) is 15.9. The second-order valence-electron chi connectivity index (χ2n) is 7.43. The number of hydrogen-bond donors (Lipinski definition) is 1. The van der Waals surface area contributed by atoms with E-state index in [0.29, 0.717) is 0 Å². The molecule has 2 atom stereocenters. The number of aryl methyl sites for hydroxylation is 2. The topological polar surface area (TPSA) is 125 Å². The normalized spacial score (nSPS) is 14.9. The maximum absolute atomic E-state index is 12.6. The summed E-state index contributed by atoms with van der Waals surface area (Å²) in [7, 11) is 1.64. The minimum absolute atomic E-state index is 0.0662. The Hall–Kier alpha value is -0.935. The molecule has 0 aromatic heterocycles. The fourth-order valence-electron chi connectivity index (χ4n) is 2.63. The molecule has 0 aliphatic carbocycles. The monoisotopic (exact) mass is 545 g/mol. The van der Waals surface area contributed by atoms with Crippen molar-refractivity contribution < 1.29 is 39.6 Å². The van der Waals surface area contributed by atoms with Crippen molar-refractivity contribution in [3.8, 4) is 0 Å². The fourth-order valence-corrected chi connectivity index (χ4v) is 4.99. The minimum atomic E-state index is -4.19. The van der Waals surface area contributed by atoms with Crippen LogP contribution in [0.1, 0.15) is 11.1 Å². The Morgan fingerprint density at radius 1 is 0.912 bits per heavy atom. The van der Waals surface area contributed by atoms with E-state index in [4.69, 9.17) is 25.5 Å². The third-order valence-electron chi connectivity index (χ3n) is 4.56. The molecule has 0 saturated carbocycles. The molecule has 1 N–H and O–H groups in total. The third kappa shape index (κ3) is 8.62. The van der Waals surface area contributed by atoms with Gasteiger partial charge in [0.05, 0.1) is 0 Å². The first-order valence-electron chi connectivity index (χ1n) is 9.86. The van der Waals surface area contributed by atoms with E-state index in [1.165, 1.54) is 24.3 Å². The molecule has 0 aliphatic rings. The molecule has 0 aliphatic heterocycles. The van der Waals surface area contributed by atoms with Crippen LogP contribution >= 0.6 is 16.3 Å². The molecule has 14 heteroatoms. The Balaban J connectivity index is 2.10. The molecule has 0 spiro atoms. The Labute approximate surface area is 205 Å². The molecule has 9 nitrogen and oxygen atoms in total.